The van der Waals surface area contributed by atoms with Gasteiger partial charge in [-0.25, -0.2) is 0 Å². The van der Waals surface area contributed by atoms with Crippen molar-refractivity contribution in [1.82, 2.24) is 29.9 Å². The second-order valence-corrected chi connectivity index (χ2v) is 8.77. The summed E-state index contributed by atoms with van der Waals surface area (Å²) in [5, 5.41) is 16.9. The number of aryl methyl sites for hydroxylation is 2. The summed E-state index contributed by atoms with van der Waals surface area (Å²) in [6.07, 6.45) is 9.76. The van der Waals surface area contributed by atoms with Crippen molar-refractivity contribution in [1.29, 1.82) is 0 Å². The van der Waals surface area contributed by atoms with Gasteiger partial charge < -0.3 is 4.42 Å². The van der Waals surface area contributed by atoms with Crippen molar-refractivity contribution in [2.45, 2.75) is 50.9 Å². The molecule has 0 spiro atoms. The second-order valence-electron chi connectivity index (χ2n) is 8.77. The fraction of sp³-hybridized carbons (Fsp3) is 0.348. The van der Waals surface area contributed by atoms with E-state index in [4.69, 9.17) is 4.42 Å². The molecule has 0 atom stereocenters. The molecule has 3 aromatic heterocycles. The average Bonchev–Trinajstić information content (AvgIpc) is 3.29. The summed E-state index contributed by atoms with van der Waals surface area (Å²) in [6.45, 7) is 4.22. The number of pyridine rings is 1. The Balaban J connectivity index is 1.36. The molecule has 0 N–H and O–H groups in total. The number of fused-ring (bicyclic) bond motifs is 3. The molecule has 1 fully saturated rings. The van der Waals surface area contributed by atoms with Crippen molar-refractivity contribution in [3.63, 3.8) is 0 Å². The molecule has 2 aliphatic rings. The third-order valence-corrected chi connectivity index (χ3v) is 6.27. The van der Waals surface area contributed by atoms with Gasteiger partial charge in [-0.1, -0.05) is 6.07 Å². The molecule has 1 aliphatic carbocycles. The Morgan fingerprint density at radius 3 is 2.77 bits per heavy atom. The van der Waals surface area contributed by atoms with Gasteiger partial charge in [0.05, 0.1) is 11.1 Å². The van der Waals surface area contributed by atoms with Crippen LogP contribution in [0.15, 0.2) is 47.4 Å². The molecule has 30 heavy (non-hydrogen) atoms. The molecule has 4 heterocycles. The highest BCUT2D eigenvalue weighted by Crippen LogP contribution is 2.41. The van der Waals surface area contributed by atoms with Gasteiger partial charge >= 0.3 is 0 Å². The van der Waals surface area contributed by atoms with Crippen LogP contribution in [-0.2, 0) is 18.3 Å². The SMILES string of the molecule is CC(C)(c1cncc(-c2ccc3c(c2)CCc2nncn2-3)c1)c1nnc(C2CC2)o1. The van der Waals surface area contributed by atoms with Crippen LogP contribution in [0.2, 0.25) is 0 Å². The van der Waals surface area contributed by atoms with Crippen molar-refractivity contribution < 1.29 is 4.42 Å². The van der Waals surface area contributed by atoms with Crippen LogP contribution in [-0.4, -0.2) is 29.9 Å². The van der Waals surface area contributed by atoms with E-state index in [9.17, 15) is 0 Å². The molecule has 6 rings (SSSR count). The zero-order chi connectivity index (χ0) is 20.3. The second kappa shape index (κ2) is 6.32. The van der Waals surface area contributed by atoms with Gasteiger partial charge in [0.25, 0.3) is 0 Å². The van der Waals surface area contributed by atoms with Crippen LogP contribution in [0.5, 0.6) is 0 Å². The normalized spacial score (nSPS) is 15.7. The molecule has 1 aromatic carbocycles. The van der Waals surface area contributed by atoms with Crippen molar-refractivity contribution in [2.24, 2.45) is 0 Å². The predicted molar refractivity (Wildman–Crippen MR) is 110 cm³/mol. The maximum absolute atomic E-state index is 6.01. The van der Waals surface area contributed by atoms with Crippen molar-refractivity contribution in [3.05, 3.63) is 71.7 Å². The monoisotopic (exact) mass is 398 g/mol. The lowest BCUT2D eigenvalue weighted by Crippen LogP contribution is -2.20. The molecular weight excluding hydrogens is 376 g/mol. The van der Waals surface area contributed by atoms with Gasteiger partial charge in [-0.05, 0) is 68.0 Å². The maximum Gasteiger partial charge on any atom is 0.226 e. The minimum absolute atomic E-state index is 0.408. The third kappa shape index (κ3) is 2.76. The highest BCUT2D eigenvalue weighted by atomic mass is 16.4. The van der Waals surface area contributed by atoms with Gasteiger partial charge in [-0.15, -0.1) is 20.4 Å². The first-order valence-corrected chi connectivity index (χ1v) is 10.4. The van der Waals surface area contributed by atoms with Crippen LogP contribution in [0, 0.1) is 0 Å². The van der Waals surface area contributed by atoms with Crippen molar-refractivity contribution >= 4 is 0 Å². The summed E-state index contributed by atoms with van der Waals surface area (Å²) >= 11 is 0. The Kier molecular flexibility index (Phi) is 3.69. The van der Waals surface area contributed by atoms with E-state index in [-0.39, 0.29) is 0 Å². The Bertz CT molecular complexity index is 1250. The minimum Gasteiger partial charge on any atom is -0.424 e. The van der Waals surface area contributed by atoms with Crippen LogP contribution in [0.3, 0.4) is 0 Å². The van der Waals surface area contributed by atoms with Crippen LogP contribution in [0.4, 0.5) is 0 Å². The van der Waals surface area contributed by atoms with E-state index in [1.807, 2.05) is 12.4 Å². The molecule has 7 nitrogen and oxygen atoms in total. The van der Waals surface area contributed by atoms with Gasteiger partial charge in [0, 0.05) is 30.3 Å². The number of hydrogen-bond acceptors (Lipinski definition) is 6. The summed E-state index contributed by atoms with van der Waals surface area (Å²) in [7, 11) is 0. The fourth-order valence-corrected chi connectivity index (χ4v) is 4.12. The number of aromatic nitrogens is 6. The highest BCUT2D eigenvalue weighted by Gasteiger charge is 2.34. The Labute approximate surface area is 174 Å². The summed E-state index contributed by atoms with van der Waals surface area (Å²) in [4.78, 5) is 4.53. The molecule has 0 saturated heterocycles. The molecule has 0 bridgehead atoms. The van der Waals surface area contributed by atoms with Gasteiger partial charge in [0.1, 0.15) is 12.2 Å². The smallest absolute Gasteiger partial charge is 0.226 e. The van der Waals surface area contributed by atoms with Crippen LogP contribution >= 0.6 is 0 Å². The maximum atomic E-state index is 6.01. The first-order valence-electron chi connectivity index (χ1n) is 10.4. The fourth-order valence-electron chi connectivity index (χ4n) is 4.12. The predicted octanol–water partition coefficient (Wildman–Crippen LogP) is 4.01. The zero-order valence-corrected chi connectivity index (χ0v) is 17.0. The molecule has 0 radical (unpaired) electrons. The van der Waals surface area contributed by atoms with Crippen molar-refractivity contribution in [2.75, 3.05) is 0 Å². The Morgan fingerprint density at radius 1 is 1.00 bits per heavy atom. The van der Waals surface area contributed by atoms with E-state index in [1.54, 1.807) is 6.33 Å². The Morgan fingerprint density at radius 2 is 1.90 bits per heavy atom. The van der Waals surface area contributed by atoms with Gasteiger partial charge in [0.15, 0.2) is 0 Å². The third-order valence-electron chi connectivity index (χ3n) is 6.27. The van der Waals surface area contributed by atoms with Crippen LogP contribution in [0.1, 0.15) is 61.3 Å². The first-order chi connectivity index (χ1) is 14.6. The molecule has 0 unspecified atom stereocenters. The Hall–Kier alpha value is -3.35. The molecule has 1 saturated carbocycles. The number of benzene rings is 1. The summed E-state index contributed by atoms with van der Waals surface area (Å²) in [6, 6.07) is 8.72. The quantitative estimate of drug-likeness (QED) is 0.516. The molecular formula is C23H22N6O. The lowest BCUT2D eigenvalue weighted by atomic mass is 9.84. The van der Waals surface area contributed by atoms with E-state index in [1.165, 1.54) is 5.56 Å². The molecule has 1 aliphatic heterocycles. The van der Waals surface area contributed by atoms with Gasteiger partial charge in [-0.3, -0.25) is 9.55 Å². The largest absolute Gasteiger partial charge is 0.424 e. The first kappa shape index (κ1) is 17.5. The number of nitrogens with zero attached hydrogens (tertiary/aromatic N) is 6. The zero-order valence-electron chi connectivity index (χ0n) is 17.0. The van der Waals surface area contributed by atoms with E-state index in [0.717, 1.165) is 59.8 Å². The summed E-state index contributed by atoms with van der Waals surface area (Å²) < 4.78 is 8.08. The molecule has 150 valence electrons. The van der Waals surface area contributed by atoms with Gasteiger partial charge in [0.2, 0.25) is 11.8 Å². The number of rotatable bonds is 4. The summed E-state index contributed by atoms with van der Waals surface area (Å²) in [5.41, 5.74) is 5.35. The van der Waals surface area contributed by atoms with E-state index < -0.39 is 5.41 Å². The number of hydrogen-bond donors (Lipinski definition) is 0. The van der Waals surface area contributed by atoms with Crippen LogP contribution in [0.25, 0.3) is 16.8 Å². The van der Waals surface area contributed by atoms with Crippen molar-refractivity contribution in [3.8, 4) is 16.8 Å². The van der Waals surface area contributed by atoms with Gasteiger partial charge in [-0.2, -0.15) is 0 Å². The molecule has 0 amide bonds. The van der Waals surface area contributed by atoms with E-state index in [2.05, 4.69) is 68.1 Å². The minimum atomic E-state index is -0.408. The summed E-state index contributed by atoms with van der Waals surface area (Å²) in [5.74, 6) is 2.89. The van der Waals surface area contributed by atoms with Crippen LogP contribution < -0.4 is 0 Å². The average molecular weight is 398 g/mol. The highest BCUT2D eigenvalue weighted by molar-refractivity contribution is 5.67. The lowest BCUT2D eigenvalue weighted by molar-refractivity contribution is 0.388. The van der Waals surface area contributed by atoms with E-state index >= 15 is 0 Å². The topological polar surface area (TPSA) is 82.5 Å². The molecule has 4 aromatic rings. The lowest BCUT2D eigenvalue weighted by Gasteiger charge is -2.22. The molecule has 7 heteroatoms. The van der Waals surface area contributed by atoms with E-state index in [0.29, 0.717) is 11.8 Å². The standard InChI is InChI=1S/C23H22N6O/c1-23(2,22-28-27-21(30-22)14-3-4-14)18-10-17(11-24-12-18)15-5-7-19-16(9-15)6-8-20-26-25-13-29(19)20/h5,7,9-14H,3-4,6,8H2,1-2H3.